The summed E-state index contributed by atoms with van der Waals surface area (Å²) in [4.78, 5) is 0. The van der Waals surface area contributed by atoms with Crippen molar-refractivity contribution in [3.8, 4) is 0 Å². The molecule has 2 N–H and O–H groups in total. The highest BCUT2D eigenvalue weighted by atomic mass is 35.5. The van der Waals surface area contributed by atoms with Crippen molar-refractivity contribution in [1.29, 1.82) is 0 Å². The molecule has 86 valence electrons. The van der Waals surface area contributed by atoms with E-state index < -0.39 is 17.7 Å². The molecule has 1 nitrogen and oxygen atoms in total. The summed E-state index contributed by atoms with van der Waals surface area (Å²) in [5.74, 6) is -1.73. The molecule has 0 amide bonds. The molecule has 1 atom stereocenters. The van der Waals surface area contributed by atoms with E-state index in [-0.39, 0.29) is 18.0 Å². The van der Waals surface area contributed by atoms with Gasteiger partial charge in [0.25, 0.3) is 0 Å². The highest BCUT2D eigenvalue weighted by Gasteiger charge is 2.16. The number of thiophene rings is 1. The molecule has 0 aliphatic heterocycles. The number of hydrogen-bond acceptors (Lipinski definition) is 2. The Morgan fingerprint density at radius 1 is 1.19 bits per heavy atom. The van der Waals surface area contributed by atoms with Crippen LogP contribution in [0.25, 0.3) is 0 Å². The van der Waals surface area contributed by atoms with Crippen LogP contribution in [0.2, 0.25) is 0 Å². The Bertz CT molecular complexity index is 459. The Kier molecular flexibility index (Phi) is 4.41. The second-order valence-electron chi connectivity index (χ2n) is 3.18. The smallest absolute Gasteiger partial charge is 0.163 e. The lowest BCUT2D eigenvalue weighted by molar-refractivity contribution is 0.494. The second-order valence-corrected chi connectivity index (χ2v) is 3.96. The minimum Gasteiger partial charge on any atom is -0.320 e. The molecule has 1 aromatic carbocycles. The van der Waals surface area contributed by atoms with Crippen LogP contribution in [0, 0.1) is 11.6 Å². The van der Waals surface area contributed by atoms with Crippen molar-refractivity contribution in [1.82, 2.24) is 0 Å². The standard InChI is InChI=1S/C11H9F2NS.ClH/c12-9-3-1-2-8(10(9)13)11(14)7-4-5-15-6-7;/h1-6,11H,14H2;1H/t11-;/m1./s1. The summed E-state index contributed by atoms with van der Waals surface area (Å²) >= 11 is 1.48. The van der Waals surface area contributed by atoms with Crippen LogP contribution in [0.15, 0.2) is 35.0 Å². The molecule has 0 aliphatic rings. The molecular formula is C11H10ClF2NS. The second kappa shape index (κ2) is 5.39. The first-order valence-electron chi connectivity index (χ1n) is 4.41. The molecular weight excluding hydrogens is 252 g/mol. The summed E-state index contributed by atoms with van der Waals surface area (Å²) < 4.78 is 26.3. The van der Waals surface area contributed by atoms with Gasteiger partial charge in [0, 0.05) is 5.56 Å². The van der Waals surface area contributed by atoms with Gasteiger partial charge in [-0.15, -0.1) is 12.4 Å². The number of benzene rings is 1. The van der Waals surface area contributed by atoms with Gasteiger partial charge in [-0.2, -0.15) is 11.3 Å². The summed E-state index contributed by atoms with van der Waals surface area (Å²) in [5, 5.41) is 3.68. The van der Waals surface area contributed by atoms with Crippen LogP contribution in [-0.4, -0.2) is 0 Å². The first kappa shape index (κ1) is 13.1. The number of hydrogen-bond donors (Lipinski definition) is 1. The number of rotatable bonds is 2. The van der Waals surface area contributed by atoms with Crippen LogP contribution in [0.1, 0.15) is 17.2 Å². The van der Waals surface area contributed by atoms with Crippen molar-refractivity contribution in [3.05, 3.63) is 57.8 Å². The molecule has 1 heterocycles. The van der Waals surface area contributed by atoms with Crippen molar-refractivity contribution in [2.75, 3.05) is 0 Å². The Hall–Kier alpha value is -0.970. The third-order valence-electron chi connectivity index (χ3n) is 2.22. The molecule has 0 unspecified atom stereocenters. The van der Waals surface area contributed by atoms with E-state index in [4.69, 9.17) is 5.73 Å². The fourth-order valence-corrected chi connectivity index (χ4v) is 2.09. The van der Waals surface area contributed by atoms with Gasteiger partial charge in [-0.3, -0.25) is 0 Å². The lowest BCUT2D eigenvalue weighted by Crippen LogP contribution is -2.13. The van der Waals surface area contributed by atoms with Gasteiger partial charge >= 0.3 is 0 Å². The molecule has 0 saturated heterocycles. The van der Waals surface area contributed by atoms with Gasteiger partial charge in [0.05, 0.1) is 6.04 Å². The topological polar surface area (TPSA) is 26.0 Å². The van der Waals surface area contributed by atoms with Crippen molar-refractivity contribution in [3.63, 3.8) is 0 Å². The zero-order valence-corrected chi connectivity index (χ0v) is 9.82. The predicted molar refractivity (Wildman–Crippen MR) is 64.0 cm³/mol. The molecule has 0 fully saturated rings. The maximum atomic E-state index is 13.4. The molecule has 0 saturated carbocycles. The predicted octanol–water partition coefficient (Wildman–Crippen LogP) is 3.50. The Balaban J connectivity index is 0.00000128. The van der Waals surface area contributed by atoms with Gasteiger partial charge in [0.2, 0.25) is 0 Å². The minimum atomic E-state index is -0.865. The van der Waals surface area contributed by atoms with Crippen LogP contribution < -0.4 is 5.73 Å². The quantitative estimate of drug-likeness (QED) is 0.880. The summed E-state index contributed by atoms with van der Waals surface area (Å²) in [6, 6.07) is 5.24. The van der Waals surface area contributed by atoms with Crippen LogP contribution in [0.4, 0.5) is 8.78 Å². The van der Waals surface area contributed by atoms with Gasteiger partial charge in [0.15, 0.2) is 11.6 Å². The largest absolute Gasteiger partial charge is 0.320 e. The molecule has 0 radical (unpaired) electrons. The van der Waals surface area contributed by atoms with Crippen molar-refractivity contribution < 1.29 is 8.78 Å². The van der Waals surface area contributed by atoms with Gasteiger partial charge in [-0.25, -0.2) is 8.78 Å². The third-order valence-corrected chi connectivity index (χ3v) is 2.92. The van der Waals surface area contributed by atoms with Gasteiger partial charge < -0.3 is 5.73 Å². The zero-order valence-electron chi connectivity index (χ0n) is 8.19. The number of nitrogens with two attached hydrogens (primary N) is 1. The summed E-state index contributed by atoms with van der Waals surface area (Å²) in [6.45, 7) is 0. The maximum Gasteiger partial charge on any atom is 0.163 e. The summed E-state index contributed by atoms with van der Waals surface area (Å²) in [5.41, 5.74) is 6.81. The Morgan fingerprint density at radius 2 is 1.94 bits per heavy atom. The molecule has 0 spiro atoms. The molecule has 16 heavy (non-hydrogen) atoms. The van der Waals surface area contributed by atoms with Crippen LogP contribution >= 0.6 is 23.7 Å². The molecule has 0 bridgehead atoms. The van der Waals surface area contributed by atoms with E-state index >= 15 is 0 Å². The number of halogens is 3. The van der Waals surface area contributed by atoms with Gasteiger partial charge in [-0.05, 0) is 28.5 Å². The average Bonchev–Trinajstić information content (AvgIpc) is 2.74. The molecule has 2 aromatic rings. The first-order valence-corrected chi connectivity index (χ1v) is 5.36. The zero-order chi connectivity index (χ0) is 10.8. The fourth-order valence-electron chi connectivity index (χ4n) is 1.39. The SMILES string of the molecule is Cl.N[C@H](c1ccsc1)c1cccc(F)c1F. The van der Waals surface area contributed by atoms with E-state index in [1.54, 1.807) is 6.07 Å². The Morgan fingerprint density at radius 3 is 2.56 bits per heavy atom. The monoisotopic (exact) mass is 261 g/mol. The molecule has 0 aliphatic carbocycles. The summed E-state index contributed by atoms with van der Waals surface area (Å²) in [6.07, 6.45) is 0. The minimum absolute atomic E-state index is 0. The van der Waals surface area contributed by atoms with Crippen LogP contribution in [0.5, 0.6) is 0 Å². The van der Waals surface area contributed by atoms with E-state index in [1.807, 2.05) is 10.8 Å². The van der Waals surface area contributed by atoms with Crippen LogP contribution in [0.3, 0.4) is 0 Å². The van der Waals surface area contributed by atoms with E-state index in [1.165, 1.54) is 23.5 Å². The lowest BCUT2D eigenvalue weighted by atomic mass is 10.0. The van der Waals surface area contributed by atoms with E-state index in [9.17, 15) is 8.78 Å². The van der Waals surface area contributed by atoms with Crippen molar-refractivity contribution >= 4 is 23.7 Å². The first-order chi connectivity index (χ1) is 7.20. The van der Waals surface area contributed by atoms with Gasteiger partial charge in [0.1, 0.15) is 0 Å². The van der Waals surface area contributed by atoms with E-state index in [0.29, 0.717) is 0 Å². The lowest BCUT2D eigenvalue weighted by Gasteiger charge is -2.11. The maximum absolute atomic E-state index is 13.4. The van der Waals surface area contributed by atoms with Crippen molar-refractivity contribution in [2.24, 2.45) is 5.73 Å². The van der Waals surface area contributed by atoms with E-state index in [2.05, 4.69) is 0 Å². The molecule has 2 rings (SSSR count). The molecule has 1 aromatic heterocycles. The Labute approximate surface area is 102 Å². The highest BCUT2D eigenvalue weighted by molar-refractivity contribution is 7.08. The van der Waals surface area contributed by atoms with Crippen molar-refractivity contribution in [2.45, 2.75) is 6.04 Å². The van der Waals surface area contributed by atoms with E-state index in [0.717, 1.165) is 11.6 Å². The summed E-state index contributed by atoms with van der Waals surface area (Å²) in [7, 11) is 0. The highest BCUT2D eigenvalue weighted by Crippen LogP contribution is 2.24. The molecule has 5 heteroatoms. The average molecular weight is 262 g/mol. The van der Waals surface area contributed by atoms with Gasteiger partial charge in [-0.1, -0.05) is 12.1 Å². The normalized spacial score (nSPS) is 11.9. The third kappa shape index (κ3) is 2.40. The van der Waals surface area contributed by atoms with Crippen LogP contribution in [-0.2, 0) is 0 Å². The fraction of sp³-hybridized carbons (Fsp3) is 0.0909.